The first-order valence-electron chi connectivity index (χ1n) is 5.36. The van der Waals surface area contributed by atoms with Crippen LogP contribution in [-0.4, -0.2) is 23.1 Å². The van der Waals surface area contributed by atoms with E-state index in [0.29, 0.717) is 5.69 Å². The zero-order valence-electron chi connectivity index (χ0n) is 10.4. The van der Waals surface area contributed by atoms with Crippen LogP contribution < -0.4 is 10.5 Å². The molecule has 0 aliphatic heterocycles. The molecule has 0 unspecified atom stereocenters. The van der Waals surface area contributed by atoms with Gasteiger partial charge < -0.3 is 5.73 Å². The Morgan fingerprint density at radius 3 is 2.35 bits per heavy atom. The Balaban J connectivity index is 2.46. The molecule has 1 aromatic heterocycles. The van der Waals surface area contributed by atoms with Gasteiger partial charge in [0, 0.05) is 17.3 Å². The van der Waals surface area contributed by atoms with Gasteiger partial charge in [-0.05, 0) is 18.2 Å². The van der Waals surface area contributed by atoms with Gasteiger partial charge in [-0.25, -0.2) is 16.8 Å². The SMILES string of the molecule is CS(=O)(=O)c1ccccc1NS(=O)(=O)c1cc(N)cs1. The summed E-state index contributed by atoms with van der Waals surface area (Å²) in [6.07, 6.45) is 1.02. The molecule has 0 amide bonds. The Hall–Kier alpha value is -1.58. The van der Waals surface area contributed by atoms with Crippen molar-refractivity contribution in [2.75, 3.05) is 16.7 Å². The van der Waals surface area contributed by atoms with E-state index >= 15 is 0 Å². The standard InChI is InChI=1S/C11H12N2O4S3/c1-19(14,15)10-5-3-2-4-9(10)13-20(16,17)11-6-8(12)7-18-11/h2-7,13H,12H2,1H3. The molecular formula is C11H12N2O4S3. The maximum atomic E-state index is 12.1. The molecule has 0 saturated heterocycles. The highest BCUT2D eigenvalue weighted by Crippen LogP contribution is 2.27. The molecule has 2 aromatic rings. The van der Waals surface area contributed by atoms with Crippen LogP contribution in [0.15, 0.2) is 44.8 Å². The number of benzene rings is 1. The summed E-state index contributed by atoms with van der Waals surface area (Å²) in [7, 11) is -7.38. The number of hydrogen-bond acceptors (Lipinski definition) is 6. The zero-order chi connectivity index (χ0) is 15.0. The van der Waals surface area contributed by atoms with Gasteiger partial charge in [0.15, 0.2) is 9.84 Å². The van der Waals surface area contributed by atoms with Gasteiger partial charge in [0.25, 0.3) is 10.0 Å². The molecule has 0 fully saturated rings. The van der Waals surface area contributed by atoms with Gasteiger partial charge in [0.1, 0.15) is 4.21 Å². The monoisotopic (exact) mass is 332 g/mol. The van der Waals surface area contributed by atoms with Gasteiger partial charge >= 0.3 is 0 Å². The second kappa shape index (κ2) is 5.08. The van der Waals surface area contributed by atoms with Crippen molar-refractivity contribution in [1.29, 1.82) is 0 Å². The summed E-state index contributed by atoms with van der Waals surface area (Å²) in [6.45, 7) is 0. The summed E-state index contributed by atoms with van der Waals surface area (Å²) >= 11 is 0.964. The van der Waals surface area contributed by atoms with Crippen LogP contribution in [-0.2, 0) is 19.9 Å². The zero-order valence-corrected chi connectivity index (χ0v) is 12.8. The lowest BCUT2D eigenvalue weighted by molar-refractivity contribution is 0.602. The highest BCUT2D eigenvalue weighted by molar-refractivity contribution is 7.95. The van der Waals surface area contributed by atoms with E-state index in [-0.39, 0.29) is 14.8 Å². The van der Waals surface area contributed by atoms with Crippen LogP contribution in [0.4, 0.5) is 11.4 Å². The van der Waals surface area contributed by atoms with Gasteiger partial charge in [0.2, 0.25) is 0 Å². The van der Waals surface area contributed by atoms with Crippen LogP contribution in [0, 0.1) is 0 Å². The van der Waals surface area contributed by atoms with Gasteiger partial charge in [-0.3, -0.25) is 4.72 Å². The number of sulfone groups is 1. The van der Waals surface area contributed by atoms with Crippen molar-refractivity contribution in [3.63, 3.8) is 0 Å². The average molecular weight is 332 g/mol. The largest absolute Gasteiger partial charge is 0.398 e. The molecule has 0 bridgehead atoms. The lowest BCUT2D eigenvalue weighted by atomic mass is 10.3. The number of nitrogens with two attached hydrogens (primary N) is 1. The topological polar surface area (TPSA) is 106 Å². The predicted octanol–water partition coefficient (Wildman–Crippen LogP) is 1.53. The van der Waals surface area contributed by atoms with Gasteiger partial charge in [-0.1, -0.05) is 12.1 Å². The summed E-state index contributed by atoms with van der Waals surface area (Å²) in [4.78, 5) is -0.0758. The number of anilines is 2. The molecule has 0 spiro atoms. The van der Waals surface area contributed by atoms with E-state index in [1.807, 2.05) is 0 Å². The molecule has 6 nitrogen and oxygen atoms in total. The number of sulfonamides is 1. The normalized spacial score (nSPS) is 12.2. The van der Waals surface area contributed by atoms with Crippen LogP contribution >= 0.6 is 11.3 Å². The van der Waals surface area contributed by atoms with Crippen LogP contribution in [0.25, 0.3) is 0 Å². The Labute approximate surface area is 121 Å². The first-order chi connectivity index (χ1) is 9.20. The summed E-state index contributed by atoms with van der Waals surface area (Å²) in [5, 5.41) is 1.50. The second-order valence-corrected chi connectivity index (χ2v) is 8.88. The number of rotatable bonds is 4. The lowest BCUT2D eigenvalue weighted by Crippen LogP contribution is -2.14. The van der Waals surface area contributed by atoms with Crippen LogP contribution in [0.3, 0.4) is 0 Å². The van der Waals surface area contributed by atoms with Crippen LogP contribution in [0.5, 0.6) is 0 Å². The van der Waals surface area contributed by atoms with Gasteiger partial charge in [0.05, 0.1) is 10.6 Å². The van der Waals surface area contributed by atoms with Crippen molar-refractivity contribution in [2.45, 2.75) is 9.10 Å². The maximum absolute atomic E-state index is 12.1. The minimum absolute atomic E-state index is 0.0157. The van der Waals surface area contributed by atoms with Gasteiger partial charge in [-0.2, -0.15) is 0 Å². The fourth-order valence-corrected chi connectivity index (χ4v) is 4.61. The average Bonchev–Trinajstić information content (AvgIpc) is 2.75. The maximum Gasteiger partial charge on any atom is 0.271 e. The fourth-order valence-electron chi connectivity index (χ4n) is 1.54. The summed E-state index contributed by atoms with van der Waals surface area (Å²) in [6, 6.07) is 7.13. The molecule has 0 aliphatic rings. The summed E-state index contributed by atoms with van der Waals surface area (Å²) in [5.74, 6) is 0. The van der Waals surface area contributed by atoms with Crippen molar-refractivity contribution < 1.29 is 16.8 Å². The molecule has 0 saturated carbocycles. The summed E-state index contributed by atoms with van der Waals surface area (Å²) < 4.78 is 49.8. The van der Waals surface area contributed by atoms with E-state index in [1.54, 1.807) is 6.07 Å². The third-order valence-corrected chi connectivity index (χ3v) is 6.37. The smallest absolute Gasteiger partial charge is 0.271 e. The minimum Gasteiger partial charge on any atom is -0.398 e. The third kappa shape index (κ3) is 3.11. The lowest BCUT2D eigenvalue weighted by Gasteiger charge is -2.10. The summed E-state index contributed by atoms with van der Waals surface area (Å²) in [5.41, 5.74) is 5.85. The third-order valence-electron chi connectivity index (χ3n) is 2.39. The van der Waals surface area contributed by atoms with E-state index in [4.69, 9.17) is 5.73 Å². The van der Waals surface area contributed by atoms with Crippen molar-refractivity contribution in [3.05, 3.63) is 35.7 Å². The molecule has 2 rings (SSSR count). The van der Waals surface area contributed by atoms with Crippen molar-refractivity contribution in [3.8, 4) is 0 Å². The molecule has 9 heteroatoms. The van der Waals surface area contributed by atoms with E-state index in [1.165, 1.54) is 29.6 Å². The number of nitrogen functional groups attached to an aromatic ring is 1. The molecule has 1 aromatic carbocycles. The van der Waals surface area contributed by atoms with E-state index < -0.39 is 19.9 Å². The first-order valence-corrected chi connectivity index (χ1v) is 9.61. The number of hydrogen-bond donors (Lipinski definition) is 2. The van der Waals surface area contributed by atoms with E-state index in [0.717, 1.165) is 17.6 Å². The second-order valence-electron chi connectivity index (χ2n) is 4.07. The predicted molar refractivity (Wildman–Crippen MR) is 79.1 cm³/mol. The van der Waals surface area contributed by atoms with Crippen molar-refractivity contribution >= 4 is 42.6 Å². The van der Waals surface area contributed by atoms with E-state index in [9.17, 15) is 16.8 Å². The molecule has 20 heavy (non-hydrogen) atoms. The number of para-hydroxylation sites is 1. The molecule has 0 atom stereocenters. The number of thiophene rings is 1. The quantitative estimate of drug-likeness (QED) is 0.883. The Bertz CT molecular complexity index is 838. The Morgan fingerprint density at radius 2 is 1.80 bits per heavy atom. The highest BCUT2D eigenvalue weighted by Gasteiger charge is 2.20. The van der Waals surface area contributed by atoms with Crippen molar-refractivity contribution in [2.24, 2.45) is 0 Å². The molecule has 3 N–H and O–H groups in total. The number of nitrogens with one attached hydrogen (secondary N) is 1. The Morgan fingerprint density at radius 1 is 1.15 bits per heavy atom. The van der Waals surface area contributed by atoms with Crippen LogP contribution in [0.1, 0.15) is 0 Å². The van der Waals surface area contributed by atoms with Gasteiger partial charge in [-0.15, -0.1) is 11.3 Å². The molecule has 108 valence electrons. The molecule has 1 heterocycles. The highest BCUT2D eigenvalue weighted by atomic mass is 32.2. The van der Waals surface area contributed by atoms with Crippen LogP contribution in [0.2, 0.25) is 0 Å². The molecular weight excluding hydrogens is 320 g/mol. The molecule has 0 radical (unpaired) electrons. The fraction of sp³-hybridized carbons (Fsp3) is 0.0909. The molecule has 0 aliphatic carbocycles. The van der Waals surface area contributed by atoms with E-state index in [2.05, 4.69) is 4.72 Å². The first kappa shape index (κ1) is 14.8. The van der Waals surface area contributed by atoms with Crippen molar-refractivity contribution in [1.82, 2.24) is 0 Å². The minimum atomic E-state index is -3.85. The Kier molecular flexibility index (Phi) is 3.76.